The lowest BCUT2D eigenvalue weighted by molar-refractivity contribution is 0.0505. The lowest BCUT2D eigenvalue weighted by Gasteiger charge is -2.25. The molecule has 1 atom stereocenters. The van der Waals surface area contributed by atoms with Crippen molar-refractivity contribution in [3.8, 4) is 5.95 Å². The Hall–Kier alpha value is -2.75. The molecular weight excluding hydrogens is 350 g/mol. The van der Waals surface area contributed by atoms with Crippen LogP contribution in [-0.2, 0) is 9.47 Å². The van der Waals surface area contributed by atoms with E-state index in [0.717, 1.165) is 0 Å². The number of nitrogens with zero attached hydrogens (tertiary/aromatic N) is 6. The molecule has 3 rings (SSSR count). The molecule has 3 heterocycles. The van der Waals surface area contributed by atoms with E-state index in [0.29, 0.717) is 44.0 Å². The second-order valence-electron chi connectivity index (χ2n) is 7.20. The minimum Gasteiger partial charge on any atom is -0.444 e. The second-order valence-corrected chi connectivity index (χ2v) is 7.20. The van der Waals surface area contributed by atoms with Gasteiger partial charge < -0.3 is 19.7 Å². The monoisotopic (exact) mass is 375 g/mol. The van der Waals surface area contributed by atoms with E-state index in [9.17, 15) is 4.79 Å². The molecule has 0 radical (unpaired) electrons. The Balaban J connectivity index is 1.87. The third kappa shape index (κ3) is 4.91. The van der Waals surface area contributed by atoms with Crippen LogP contribution in [-0.4, -0.2) is 62.7 Å². The van der Waals surface area contributed by atoms with Crippen molar-refractivity contribution in [2.24, 2.45) is 0 Å². The fourth-order valence-corrected chi connectivity index (χ4v) is 2.59. The minimum atomic E-state index is -0.584. The van der Waals surface area contributed by atoms with Crippen LogP contribution in [0.4, 0.5) is 10.7 Å². The number of morpholine rings is 1. The third-order valence-electron chi connectivity index (χ3n) is 3.78. The van der Waals surface area contributed by atoms with E-state index in [4.69, 9.17) is 9.47 Å². The van der Waals surface area contributed by atoms with Crippen LogP contribution in [0.25, 0.3) is 5.95 Å². The van der Waals surface area contributed by atoms with Gasteiger partial charge in [0.2, 0.25) is 5.95 Å². The molecule has 2 aromatic heterocycles. The average Bonchev–Trinajstić information content (AvgIpc) is 3.07. The van der Waals surface area contributed by atoms with Gasteiger partial charge in [0.15, 0.2) is 5.82 Å². The number of nitrogens with one attached hydrogen (secondary N) is 1. The van der Waals surface area contributed by atoms with E-state index < -0.39 is 17.7 Å². The highest BCUT2D eigenvalue weighted by Crippen LogP contribution is 2.19. The summed E-state index contributed by atoms with van der Waals surface area (Å²) in [6.45, 7) is 9.90. The molecule has 10 nitrogen and oxygen atoms in total. The maximum atomic E-state index is 12.1. The fraction of sp³-hybridized carbons (Fsp3) is 0.588. The Morgan fingerprint density at radius 3 is 2.52 bits per heavy atom. The zero-order valence-electron chi connectivity index (χ0n) is 16.0. The predicted molar refractivity (Wildman–Crippen MR) is 97.8 cm³/mol. The van der Waals surface area contributed by atoms with Crippen LogP contribution in [0, 0.1) is 0 Å². The van der Waals surface area contributed by atoms with Gasteiger partial charge in [-0.3, -0.25) is 0 Å². The van der Waals surface area contributed by atoms with Gasteiger partial charge in [-0.2, -0.15) is 9.67 Å². The van der Waals surface area contributed by atoms with Gasteiger partial charge in [-0.05, 0) is 33.8 Å². The summed E-state index contributed by atoms with van der Waals surface area (Å²) in [4.78, 5) is 27.3. The van der Waals surface area contributed by atoms with Crippen LogP contribution < -0.4 is 10.2 Å². The van der Waals surface area contributed by atoms with Gasteiger partial charge in [0, 0.05) is 25.5 Å². The maximum Gasteiger partial charge on any atom is 0.408 e. The first-order valence-electron chi connectivity index (χ1n) is 8.90. The zero-order valence-corrected chi connectivity index (χ0v) is 16.0. The molecule has 146 valence electrons. The standard InChI is InChI=1S/C17H25N7O3/c1-12(20-16(25)27-17(2,3)4)13-21-15(23-8-10-26-11-9-23)22-24(13)14-18-6-5-7-19-14/h5-7,12H,8-11H2,1-4H3,(H,20,25). The number of aromatic nitrogens is 5. The molecule has 0 spiro atoms. The normalized spacial score (nSPS) is 16.1. The lowest BCUT2D eigenvalue weighted by Crippen LogP contribution is -2.37. The predicted octanol–water partition coefficient (Wildman–Crippen LogP) is 1.48. The summed E-state index contributed by atoms with van der Waals surface area (Å²) in [6, 6.07) is 1.27. The molecule has 2 aromatic rings. The Kier molecular flexibility index (Phi) is 5.54. The number of ether oxygens (including phenoxy) is 2. The van der Waals surface area contributed by atoms with Crippen molar-refractivity contribution in [2.45, 2.75) is 39.3 Å². The third-order valence-corrected chi connectivity index (χ3v) is 3.78. The summed E-state index contributed by atoms with van der Waals surface area (Å²) in [5.74, 6) is 1.46. The van der Waals surface area contributed by atoms with Crippen LogP contribution in [0.2, 0.25) is 0 Å². The van der Waals surface area contributed by atoms with E-state index >= 15 is 0 Å². The largest absolute Gasteiger partial charge is 0.444 e. The average molecular weight is 375 g/mol. The van der Waals surface area contributed by atoms with Gasteiger partial charge >= 0.3 is 6.09 Å². The van der Waals surface area contributed by atoms with Gasteiger partial charge in [0.1, 0.15) is 5.60 Å². The molecule has 1 saturated heterocycles. The fourth-order valence-electron chi connectivity index (χ4n) is 2.59. The van der Waals surface area contributed by atoms with Gasteiger partial charge in [0.05, 0.1) is 19.3 Å². The van der Waals surface area contributed by atoms with Crippen molar-refractivity contribution in [1.82, 2.24) is 30.0 Å². The lowest BCUT2D eigenvalue weighted by atomic mass is 10.2. The first-order valence-corrected chi connectivity index (χ1v) is 8.90. The van der Waals surface area contributed by atoms with Crippen LogP contribution in [0.15, 0.2) is 18.5 Å². The Bertz CT molecular complexity index is 767. The number of hydrogen-bond acceptors (Lipinski definition) is 8. The first kappa shape index (κ1) is 19.0. The van der Waals surface area contributed by atoms with E-state index in [1.165, 1.54) is 0 Å². The Morgan fingerprint density at radius 2 is 1.89 bits per heavy atom. The van der Waals surface area contributed by atoms with Gasteiger partial charge in [-0.15, -0.1) is 5.10 Å². The van der Waals surface area contributed by atoms with E-state index in [2.05, 4.69) is 25.4 Å². The molecule has 0 aromatic carbocycles. The Morgan fingerprint density at radius 1 is 1.22 bits per heavy atom. The minimum absolute atomic E-state index is 0.386. The molecule has 0 bridgehead atoms. The topological polar surface area (TPSA) is 107 Å². The number of anilines is 1. The molecule has 27 heavy (non-hydrogen) atoms. The number of hydrogen-bond donors (Lipinski definition) is 1. The molecule has 1 N–H and O–H groups in total. The zero-order chi connectivity index (χ0) is 19.4. The molecule has 10 heteroatoms. The van der Waals surface area contributed by atoms with Crippen LogP contribution in [0.5, 0.6) is 0 Å². The summed E-state index contributed by atoms with van der Waals surface area (Å²) >= 11 is 0. The summed E-state index contributed by atoms with van der Waals surface area (Å²) in [5, 5.41) is 7.36. The molecule has 1 aliphatic rings. The smallest absolute Gasteiger partial charge is 0.408 e. The molecule has 1 unspecified atom stereocenters. The summed E-state index contributed by atoms with van der Waals surface area (Å²) < 4.78 is 12.3. The molecule has 0 saturated carbocycles. The van der Waals surface area contributed by atoms with Crippen molar-refractivity contribution in [1.29, 1.82) is 0 Å². The van der Waals surface area contributed by atoms with Gasteiger partial charge in [0.25, 0.3) is 5.95 Å². The molecule has 1 amide bonds. The molecule has 0 aliphatic carbocycles. The second kappa shape index (κ2) is 7.87. The number of carbonyl (C=O) groups is 1. The van der Waals surface area contributed by atoms with Gasteiger partial charge in [-0.1, -0.05) is 0 Å². The number of amides is 1. The van der Waals surface area contributed by atoms with Crippen molar-refractivity contribution in [2.75, 3.05) is 31.2 Å². The molecule has 1 aliphatic heterocycles. The summed E-state index contributed by atoms with van der Waals surface area (Å²) in [6.07, 6.45) is 2.74. The number of rotatable bonds is 4. The maximum absolute atomic E-state index is 12.1. The number of alkyl carbamates (subject to hydrolysis) is 1. The van der Waals surface area contributed by atoms with Crippen LogP contribution in [0.1, 0.15) is 39.6 Å². The number of carbonyl (C=O) groups excluding carboxylic acids is 1. The molecule has 1 fully saturated rings. The van der Waals surface area contributed by atoms with Crippen LogP contribution >= 0.6 is 0 Å². The van der Waals surface area contributed by atoms with Crippen LogP contribution in [0.3, 0.4) is 0 Å². The SMILES string of the molecule is CC(NC(=O)OC(C)(C)C)c1nc(N2CCOCC2)nn1-c1ncccn1. The van der Waals surface area contributed by atoms with Gasteiger partial charge in [-0.25, -0.2) is 14.8 Å². The van der Waals surface area contributed by atoms with E-state index in [1.807, 2.05) is 32.6 Å². The highest BCUT2D eigenvalue weighted by atomic mass is 16.6. The van der Waals surface area contributed by atoms with Crippen molar-refractivity contribution in [3.05, 3.63) is 24.3 Å². The quantitative estimate of drug-likeness (QED) is 0.856. The first-order chi connectivity index (χ1) is 12.8. The molecular formula is C17H25N7O3. The highest BCUT2D eigenvalue weighted by molar-refractivity contribution is 5.68. The van der Waals surface area contributed by atoms with E-state index in [-0.39, 0.29) is 0 Å². The summed E-state index contributed by atoms with van der Waals surface area (Å²) in [7, 11) is 0. The van der Waals surface area contributed by atoms with E-state index in [1.54, 1.807) is 23.1 Å². The van der Waals surface area contributed by atoms with Crippen molar-refractivity contribution < 1.29 is 14.3 Å². The Labute approximate surface area is 157 Å². The van der Waals surface area contributed by atoms with Crippen molar-refractivity contribution >= 4 is 12.0 Å². The highest BCUT2D eigenvalue weighted by Gasteiger charge is 2.25. The van der Waals surface area contributed by atoms with Crippen molar-refractivity contribution in [3.63, 3.8) is 0 Å². The summed E-state index contributed by atoms with van der Waals surface area (Å²) in [5.41, 5.74) is -0.584.